The lowest BCUT2D eigenvalue weighted by Crippen LogP contribution is -1.83. The first kappa shape index (κ1) is 12.5. The molecule has 2 rings (SSSR count). The Labute approximate surface area is 113 Å². The van der Waals surface area contributed by atoms with Crippen LogP contribution < -0.4 is 0 Å². The minimum Gasteiger partial charge on any atom is -0.115 e. The van der Waals surface area contributed by atoms with Gasteiger partial charge in [-0.05, 0) is 36.8 Å². The highest BCUT2D eigenvalue weighted by molar-refractivity contribution is 7.99. The molecular formula is C17H14S. The second-order valence-corrected chi connectivity index (χ2v) is 5.16. The van der Waals surface area contributed by atoms with Crippen LogP contribution in [0.5, 0.6) is 0 Å². The molecule has 0 N–H and O–H groups in total. The number of hydrogen-bond donors (Lipinski definition) is 0. The molecule has 0 heterocycles. The second-order valence-electron chi connectivity index (χ2n) is 4.01. The van der Waals surface area contributed by atoms with E-state index in [9.17, 15) is 0 Å². The second kappa shape index (κ2) is 5.62. The number of benzene rings is 2. The predicted molar refractivity (Wildman–Crippen MR) is 79.8 cm³/mol. The highest BCUT2D eigenvalue weighted by Gasteiger charge is 2.01. The summed E-state index contributed by atoms with van der Waals surface area (Å²) in [6.07, 6.45) is 7.29. The fourth-order valence-corrected chi connectivity index (χ4v) is 2.50. The maximum Gasteiger partial charge on any atom is 0.0326 e. The van der Waals surface area contributed by atoms with E-state index in [1.54, 1.807) is 17.8 Å². The summed E-state index contributed by atoms with van der Waals surface area (Å²) in [6.45, 7) is 5.85. The van der Waals surface area contributed by atoms with E-state index in [0.717, 1.165) is 16.0 Å². The van der Waals surface area contributed by atoms with Crippen molar-refractivity contribution in [3.05, 3.63) is 65.7 Å². The molecule has 0 unspecified atom stereocenters. The third kappa shape index (κ3) is 2.85. The van der Waals surface area contributed by atoms with Crippen LogP contribution in [0.15, 0.2) is 58.8 Å². The van der Waals surface area contributed by atoms with Gasteiger partial charge in [-0.1, -0.05) is 54.1 Å². The van der Waals surface area contributed by atoms with Crippen LogP contribution in [0.2, 0.25) is 0 Å². The molecule has 0 saturated heterocycles. The van der Waals surface area contributed by atoms with Gasteiger partial charge in [0.1, 0.15) is 0 Å². The summed E-state index contributed by atoms with van der Waals surface area (Å²) in [4.78, 5) is 2.37. The number of hydrogen-bond acceptors (Lipinski definition) is 1. The molecule has 88 valence electrons. The van der Waals surface area contributed by atoms with Gasteiger partial charge < -0.3 is 0 Å². The first-order valence-electron chi connectivity index (χ1n) is 5.70. The Bertz CT molecular complexity index is 600. The van der Waals surface area contributed by atoms with E-state index in [0.29, 0.717) is 0 Å². The molecule has 0 aliphatic rings. The van der Waals surface area contributed by atoms with Crippen LogP contribution in [-0.2, 0) is 0 Å². The number of aryl methyl sites for hydroxylation is 1. The molecule has 0 radical (unpaired) electrons. The normalized spacial score (nSPS) is 9.78. The molecule has 0 aliphatic carbocycles. The van der Waals surface area contributed by atoms with Crippen molar-refractivity contribution < 1.29 is 0 Å². The van der Waals surface area contributed by atoms with E-state index < -0.39 is 0 Å². The highest BCUT2D eigenvalue weighted by Crippen LogP contribution is 2.29. The quantitative estimate of drug-likeness (QED) is 0.707. The summed E-state index contributed by atoms with van der Waals surface area (Å²) in [5.41, 5.74) is 3.17. The van der Waals surface area contributed by atoms with E-state index in [4.69, 9.17) is 6.42 Å². The van der Waals surface area contributed by atoms with Crippen molar-refractivity contribution in [2.45, 2.75) is 16.7 Å². The third-order valence-electron chi connectivity index (χ3n) is 2.66. The van der Waals surface area contributed by atoms with Crippen LogP contribution in [0.25, 0.3) is 6.08 Å². The minimum atomic E-state index is 0.891. The van der Waals surface area contributed by atoms with Crippen molar-refractivity contribution in [1.29, 1.82) is 0 Å². The van der Waals surface area contributed by atoms with E-state index in [1.165, 1.54) is 10.5 Å². The zero-order chi connectivity index (χ0) is 13.0. The fraction of sp³-hybridized carbons (Fsp3) is 0.0588. The molecule has 2 aromatic carbocycles. The molecule has 0 spiro atoms. The standard InChI is InChI=1S/C17H14S/c1-4-14-8-11-17(12-15(14)5-2)18-16-9-6-13(3)7-10-16/h2,4,6-12H,1H2,3H3. The van der Waals surface area contributed by atoms with Gasteiger partial charge in [-0.15, -0.1) is 6.42 Å². The first-order chi connectivity index (χ1) is 8.72. The van der Waals surface area contributed by atoms with Gasteiger partial charge in [-0.25, -0.2) is 0 Å². The smallest absolute Gasteiger partial charge is 0.0326 e. The van der Waals surface area contributed by atoms with Crippen molar-refractivity contribution in [1.82, 2.24) is 0 Å². The van der Waals surface area contributed by atoms with Crippen molar-refractivity contribution in [2.75, 3.05) is 0 Å². The minimum absolute atomic E-state index is 0.891. The average Bonchev–Trinajstić information content (AvgIpc) is 2.41. The van der Waals surface area contributed by atoms with Crippen molar-refractivity contribution >= 4 is 17.8 Å². The van der Waals surface area contributed by atoms with E-state index >= 15 is 0 Å². The summed E-state index contributed by atoms with van der Waals surface area (Å²) in [6, 6.07) is 14.6. The molecule has 0 bridgehead atoms. The maximum atomic E-state index is 5.50. The molecule has 0 nitrogen and oxygen atoms in total. The largest absolute Gasteiger partial charge is 0.115 e. The Morgan fingerprint density at radius 1 is 1.11 bits per heavy atom. The Morgan fingerprint density at radius 3 is 2.39 bits per heavy atom. The molecular weight excluding hydrogens is 236 g/mol. The Kier molecular flexibility index (Phi) is 3.92. The molecule has 0 atom stereocenters. The molecule has 1 heteroatoms. The lowest BCUT2D eigenvalue weighted by molar-refractivity contribution is 1.35. The summed E-state index contributed by atoms with van der Waals surface area (Å²) in [5.74, 6) is 2.70. The summed E-state index contributed by atoms with van der Waals surface area (Å²) >= 11 is 1.72. The van der Waals surface area contributed by atoms with Crippen LogP contribution in [0.4, 0.5) is 0 Å². The van der Waals surface area contributed by atoms with Crippen LogP contribution >= 0.6 is 11.8 Å². The molecule has 0 aromatic heterocycles. The van der Waals surface area contributed by atoms with Crippen LogP contribution in [0, 0.1) is 19.3 Å². The summed E-state index contributed by atoms with van der Waals surface area (Å²) in [5, 5.41) is 0. The molecule has 2 aromatic rings. The van der Waals surface area contributed by atoms with Gasteiger partial charge in [0.15, 0.2) is 0 Å². The molecule has 0 amide bonds. The summed E-state index contributed by atoms with van der Waals surface area (Å²) in [7, 11) is 0. The van der Waals surface area contributed by atoms with Crippen molar-refractivity contribution in [3.63, 3.8) is 0 Å². The molecule has 0 fully saturated rings. The monoisotopic (exact) mass is 250 g/mol. The van der Waals surface area contributed by atoms with E-state index in [1.807, 2.05) is 12.1 Å². The fourth-order valence-electron chi connectivity index (χ4n) is 1.64. The van der Waals surface area contributed by atoms with Crippen LogP contribution in [0.1, 0.15) is 16.7 Å². The SMILES string of the molecule is C#Cc1cc(Sc2ccc(C)cc2)ccc1C=C. The van der Waals surface area contributed by atoms with E-state index in [2.05, 4.69) is 49.8 Å². The Morgan fingerprint density at radius 2 is 1.78 bits per heavy atom. The first-order valence-corrected chi connectivity index (χ1v) is 6.52. The lowest BCUT2D eigenvalue weighted by atomic mass is 10.1. The zero-order valence-electron chi connectivity index (χ0n) is 10.3. The van der Waals surface area contributed by atoms with Crippen molar-refractivity contribution in [2.24, 2.45) is 0 Å². The molecule has 0 aliphatic heterocycles. The summed E-state index contributed by atoms with van der Waals surface area (Å²) < 4.78 is 0. The zero-order valence-corrected chi connectivity index (χ0v) is 11.1. The molecule has 0 saturated carbocycles. The van der Waals surface area contributed by atoms with Crippen molar-refractivity contribution in [3.8, 4) is 12.3 Å². The van der Waals surface area contributed by atoms with Gasteiger partial charge in [-0.3, -0.25) is 0 Å². The Hall–Kier alpha value is -1.91. The third-order valence-corrected chi connectivity index (χ3v) is 3.65. The van der Waals surface area contributed by atoms with Gasteiger partial charge in [0.05, 0.1) is 0 Å². The maximum absolute atomic E-state index is 5.50. The van der Waals surface area contributed by atoms with Crippen LogP contribution in [-0.4, -0.2) is 0 Å². The van der Waals surface area contributed by atoms with Gasteiger partial charge in [0.2, 0.25) is 0 Å². The highest BCUT2D eigenvalue weighted by atomic mass is 32.2. The average molecular weight is 250 g/mol. The number of terminal acetylenes is 1. The van der Waals surface area contributed by atoms with Gasteiger partial charge >= 0.3 is 0 Å². The van der Waals surface area contributed by atoms with E-state index in [-0.39, 0.29) is 0 Å². The van der Waals surface area contributed by atoms with Crippen LogP contribution in [0.3, 0.4) is 0 Å². The van der Waals surface area contributed by atoms with Gasteiger partial charge in [-0.2, -0.15) is 0 Å². The topological polar surface area (TPSA) is 0 Å². The van der Waals surface area contributed by atoms with Gasteiger partial charge in [0.25, 0.3) is 0 Å². The Balaban J connectivity index is 2.27. The number of rotatable bonds is 3. The predicted octanol–water partition coefficient (Wildman–Crippen LogP) is 4.77. The molecule has 18 heavy (non-hydrogen) atoms. The lowest BCUT2D eigenvalue weighted by Gasteiger charge is -2.05. The van der Waals surface area contributed by atoms with Gasteiger partial charge in [0, 0.05) is 15.4 Å².